The van der Waals surface area contributed by atoms with Crippen LogP contribution in [0.2, 0.25) is 5.02 Å². The molecule has 2 heterocycles. The average molecular weight is 583 g/mol. The molecule has 0 fully saturated rings. The van der Waals surface area contributed by atoms with E-state index in [2.05, 4.69) is 9.71 Å². The molecule has 0 saturated heterocycles. The van der Waals surface area contributed by atoms with E-state index in [4.69, 9.17) is 11.6 Å². The molecule has 0 atom stereocenters. The van der Waals surface area contributed by atoms with Crippen molar-refractivity contribution in [3.63, 3.8) is 0 Å². The number of nitrogens with one attached hydrogen (secondary N) is 1. The fourth-order valence-corrected chi connectivity index (χ4v) is 5.99. The lowest BCUT2D eigenvalue weighted by Crippen LogP contribution is -2.43. The van der Waals surface area contributed by atoms with E-state index in [1.807, 2.05) is 0 Å². The van der Waals surface area contributed by atoms with Gasteiger partial charge < -0.3 is 10.4 Å². The third-order valence-corrected chi connectivity index (χ3v) is 7.89. The van der Waals surface area contributed by atoms with Crippen LogP contribution in [0.1, 0.15) is 28.0 Å². The van der Waals surface area contributed by atoms with Crippen molar-refractivity contribution in [3.05, 3.63) is 82.4 Å². The summed E-state index contributed by atoms with van der Waals surface area (Å²) in [6.45, 7) is -0.223. The van der Waals surface area contributed by atoms with Crippen LogP contribution in [0.15, 0.2) is 64.0 Å². The number of amides is 1. The highest BCUT2D eigenvalue weighted by Gasteiger charge is 2.29. The van der Waals surface area contributed by atoms with Crippen molar-refractivity contribution in [1.29, 1.82) is 0 Å². The molecule has 0 spiro atoms. The standard InChI is InChI=1S/C23H20ClFN4O7S2/c1-37(33,34)13-15-5-7-18-20(10-15)38(35,36)27-21(26-18)11-22(30)29(28-8-2-3-19(28)23(31)32)12-14-4-6-17(25)16(24)9-14/h2-10H,11-13H2,1H3,(H,26,27)(H,31,32). The smallest absolute Gasteiger partial charge is 0.354 e. The largest absolute Gasteiger partial charge is 0.477 e. The second-order valence-electron chi connectivity index (χ2n) is 8.46. The molecule has 11 nitrogen and oxygen atoms in total. The van der Waals surface area contributed by atoms with Crippen LogP contribution in [0.4, 0.5) is 10.1 Å². The molecular weight excluding hydrogens is 563 g/mol. The van der Waals surface area contributed by atoms with E-state index < -0.39 is 44.0 Å². The monoisotopic (exact) mass is 582 g/mol. The Morgan fingerprint density at radius 1 is 1.16 bits per heavy atom. The maximum absolute atomic E-state index is 13.6. The fraction of sp³-hybridized carbons (Fsp3) is 0.174. The number of amidine groups is 1. The topological polar surface area (TPSA) is 155 Å². The van der Waals surface area contributed by atoms with E-state index >= 15 is 0 Å². The summed E-state index contributed by atoms with van der Waals surface area (Å²) >= 11 is 5.86. The number of hydrogen-bond donors (Lipinski definition) is 2. The van der Waals surface area contributed by atoms with Gasteiger partial charge in [0.15, 0.2) is 9.84 Å². The Morgan fingerprint density at radius 3 is 2.53 bits per heavy atom. The van der Waals surface area contributed by atoms with Gasteiger partial charge in [-0.3, -0.25) is 9.47 Å². The van der Waals surface area contributed by atoms with Crippen molar-refractivity contribution in [2.24, 2.45) is 4.40 Å². The molecule has 0 bridgehead atoms. The summed E-state index contributed by atoms with van der Waals surface area (Å²) in [7, 11) is -7.70. The zero-order valence-corrected chi connectivity index (χ0v) is 22.0. The summed E-state index contributed by atoms with van der Waals surface area (Å²) in [4.78, 5) is 24.9. The van der Waals surface area contributed by atoms with Crippen molar-refractivity contribution < 1.29 is 35.9 Å². The maximum Gasteiger partial charge on any atom is 0.354 e. The van der Waals surface area contributed by atoms with Gasteiger partial charge >= 0.3 is 5.97 Å². The molecule has 1 aliphatic heterocycles. The highest BCUT2D eigenvalue weighted by atomic mass is 35.5. The maximum atomic E-state index is 13.6. The third kappa shape index (κ3) is 6.03. The molecule has 2 N–H and O–H groups in total. The van der Waals surface area contributed by atoms with Crippen molar-refractivity contribution in [1.82, 2.24) is 4.68 Å². The van der Waals surface area contributed by atoms with Crippen LogP contribution in [0.3, 0.4) is 0 Å². The van der Waals surface area contributed by atoms with E-state index in [0.29, 0.717) is 5.56 Å². The van der Waals surface area contributed by atoms with E-state index in [0.717, 1.165) is 22.0 Å². The number of halogens is 2. The first kappa shape index (κ1) is 27.3. The molecule has 1 aromatic heterocycles. The molecule has 38 heavy (non-hydrogen) atoms. The van der Waals surface area contributed by atoms with Crippen LogP contribution in [-0.4, -0.2) is 50.6 Å². The summed E-state index contributed by atoms with van der Waals surface area (Å²) < 4.78 is 67.3. The van der Waals surface area contributed by atoms with Crippen LogP contribution in [0.5, 0.6) is 0 Å². The van der Waals surface area contributed by atoms with E-state index in [1.165, 1.54) is 48.7 Å². The summed E-state index contributed by atoms with van der Waals surface area (Å²) in [5, 5.41) is 13.1. The van der Waals surface area contributed by atoms with Gasteiger partial charge in [-0.05, 0) is 47.5 Å². The summed E-state index contributed by atoms with van der Waals surface area (Å²) in [5.41, 5.74) is 0.486. The second kappa shape index (κ2) is 10.2. The fourth-order valence-electron chi connectivity index (χ4n) is 3.81. The van der Waals surface area contributed by atoms with E-state index in [-0.39, 0.29) is 45.0 Å². The van der Waals surface area contributed by atoms with Gasteiger partial charge in [-0.15, -0.1) is 4.40 Å². The third-order valence-electron chi connectivity index (χ3n) is 5.39. The van der Waals surface area contributed by atoms with Crippen molar-refractivity contribution in [2.75, 3.05) is 16.6 Å². The number of sulfonamides is 1. The zero-order chi connectivity index (χ0) is 27.8. The number of carboxylic acid groups (broad SMARTS) is 1. The number of aromatic carboxylic acids is 1. The Kier molecular flexibility index (Phi) is 7.32. The lowest BCUT2D eigenvalue weighted by Gasteiger charge is -2.27. The number of aromatic nitrogens is 1. The first-order valence-electron chi connectivity index (χ1n) is 10.8. The Hall–Kier alpha value is -3.75. The molecule has 3 aromatic rings. The number of fused-ring (bicyclic) bond motifs is 1. The number of carboxylic acids is 1. The average Bonchev–Trinajstić information content (AvgIpc) is 3.29. The predicted octanol–water partition coefficient (Wildman–Crippen LogP) is 2.79. The summed E-state index contributed by atoms with van der Waals surface area (Å²) in [5.74, 6) is -3.33. The number of anilines is 1. The molecule has 1 amide bonds. The Morgan fingerprint density at radius 2 is 1.87 bits per heavy atom. The minimum atomic E-state index is -4.29. The van der Waals surface area contributed by atoms with E-state index in [1.54, 1.807) is 0 Å². The summed E-state index contributed by atoms with van der Waals surface area (Å²) in [6, 6.07) is 10.4. The van der Waals surface area contributed by atoms with Crippen molar-refractivity contribution in [2.45, 2.75) is 23.6 Å². The second-order valence-corrected chi connectivity index (χ2v) is 12.6. The van der Waals surface area contributed by atoms with Crippen LogP contribution in [-0.2, 0) is 37.0 Å². The van der Waals surface area contributed by atoms with Crippen LogP contribution in [0, 0.1) is 5.82 Å². The lowest BCUT2D eigenvalue weighted by atomic mass is 10.2. The quantitative estimate of drug-likeness (QED) is 0.411. The predicted molar refractivity (Wildman–Crippen MR) is 138 cm³/mol. The molecule has 0 radical (unpaired) electrons. The van der Waals surface area contributed by atoms with Gasteiger partial charge in [0.25, 0.3) is 10.0 Å². The van der Waals surface area contributed by atoms with Gasteiger partial charge in [-0.2, -0.15) is 8.42 Å². The SMILES string of the molecule is CS(=O)(=O)Cc1ccc2c(c1)S(=O)(=O)N=C(CC(=O)N(Cc1ccc(F)c(Cl)c1)n1cccc1C(=O)O)N2. The number of rotatable bonds is 8. The number of carbonyl (C=O) groups excluding carboxylic acids is 1. The number of sulfone groups is 1. The number of hydrogen-bond acceptors (Lipinski definition) is 7. The number of nitrogens with zero attached hydrogens (tertiary/aromatic N) is 3. The molecule has 2 aromatic carbocycles. The van der Waals surface area contributed by atoms with Crippen molar-refractivity contribution >= 4 is 54.9 Å². The molecule has 0 saturated carbocycles. The normalized spacial score (nSPS) is 14.2. The highest BCUT2D eigenvalue weighted by Crippen LogP contribution is 2.29. The number of carbonyl (C=O) groups is 2. The number of benzene rings is 2. The molecule has 4 rings (SSSR count). The minimum absolute atomic E-state index is 0.101. The molecule has 0 unspecified atom stereocenters. The van der Waals surface area contributed by atoms with Gasteiger partial charge in [0.1, 0.15) is 22.2 Å². The lowest BCUT2D eigenvalue weighted by molar-refractivity contribution is -0.119. The van der Waals surface area contributed by atoms with Crippen LogP contribution < -0.4 is 10.3 Å². The van der Waals surface area contributed by atoms with Gasteiger partial charge in [0.2, 0.25) is 5.91 Å². The molecule has 15 heteroatoms. The molecule has 200 valence electrons. The van der Waals surface area contributed by atoms with E-state index in [9.17, 15) is 35.9 Å². The van der Waals surface area contributed by atoms with Gasteiger partial charge in [-0.25, -0.2) is 22.6 Å². The molecular formula is C23H20ClFN4O7S2. The van der Waals surface area contributed by atoms with Gasteiger partial charge in [-0.1, -0.05) is 23.7 Å². The Labute approximate surface area is 222 Å². The Bertz CT molecular complexity index is 1700. The zero-order valence-electron chi connectivity index (χ0n) is 19.6. The molecule has 1 aliphatic rings. The van der Waals surface area contributed by atoms with Crippen LogP contribution in [0.25, 0.3) is 0 Å². The first-order valence-corrected chi connectivity index (χ1v) is 14.7. The summed E-state index contributed by atoms with van der Waals surface area (Å²) in [6.07, 6.45) is 1.78. The Balaban J connectivity index is 1.65. The van der Waals surface area contributed by atoms with Crippen molar-refractivity contribution in [3.8, 4) is 0 Å². The molecule has 0 aliphatic carbocycles. The minimum Gasteiger partial charge on any atom is -0.477 e. The van der Waals surface area contributed by atoms with Gasteiger partial charge in [0.05, 0.1) is 29.4 Å². The highest BCUT2D eigenvalue weighted by molar-refractivity contribution is 7.90. The van der Waals surface area contributed by atoms with Crippen LogP contribution >= 0.6 is 11.6 Å². The first-order chi connectivity index (χ1) is 17.7. The van der Waals surface area contributed by atoms with Gasteiger partial charge in [0, 0.05) is 12.5 Å².